The summed E-state index contributed by atoms with van der Waals surface area (Å²) in [5.41, 5.74) is -0.950. The lowest BCUT2D eigenvalue weighted by Gasteiger charge is -2.36. The number of methoxy groups -OCH3 is 1. The Bertz CT molecular complexity index is 2460. The maximum atomic E-state index is 15.1. The second-order valence-corrected chi connectivity index (χ2v) is 21.9. The minimum atomic E-state index is -3.94. The van der Waals surface area contributed by atoms with Crippen LogP contribution in [0.4, 0.5) is 4.79 Å². The molecule has 17 heteroatoms. The third-order valence-electron chi connectivity index (χ3n) is 12.9. The molecule has 4 fully saturated rings. The van der Waals surface area contributed by atoms with Crippen molar-refractivity contribution < 1.29 is 46.6 Å². The van der Waals surface area contributed by atoms with E-state index in [-0.39, 0.29) is 44.3 Å². The Balaban J connectivity index is 1.18. The first-order valence-electron chi connectivity index (χ1n) is 22.3. The molecule has 2 aliphatic carbocycles. The van der Waals surface area contributed by atoms with Gasteiger partial charge in [-0.25, -0.2) is 18.2 Å². The third-order valence-corrected chi connectivity index (χ3v) is 14.7. The fourth-order valence-corrected chi connectivity index (χ4v) is 10.1. The summed E-state index contributed by atoms with van der Waals surface area (Å²) in [6.45, 7) is 15.4. The molecule has 1 aromatic heterocycles. The van der Waals surface area contributed by atoms with E-state index < -0.39 is 79.6 Å². The van der Waals surface area contributed by atoms with Crippen molar-refractivity contribution >= 4 is 50.6 Å². The first kappa shape index (κ1) is 47.3. The summed E-state index contributed by atoms with van der Waals surface area (Å²) in [5, 5.41) is 2.87. The summed E-state index contributed by atoms with van der Waals surface area (Å²) in [6.07, 6.45) is 1.69. The molecule has 2 saturated carbocycles. The molecule has 7 rings (SSSR count). The number of nitrogens with zero attached hydrogens (tertiary/aromatic N) is 4. The highest BCUT2D eigenvalue weighted by atomic mass is 32.2. The van der Waals surface area contributed by atoms with E-state index in [0.29, 0.717) is 53.9 Å². The number of carbonyl (C=O) groups is 5. The number of hydrogen-bond acceptors (Lipinski definition) is 11. The minimum absolute atomic E-state index is 0.0185. The molecule has 3 heterocycles. The summed E-state index contributed by atoms with van der Waals surface area (Å²) < 4.78 is 45.8. The Labute approximate surface area is 381 Å². The lowest BCUT2D eigenvalue weighted by Crippen LogP contribution is -2.57. The number of hydrogen-bond donors (Lipinski definition) is 2. The van der Waals surface area contributed by atoms with Crippen LogP contribution < -0.4 is 19.5 Å². The van der Waals surface area contributed by atoms with Gasteiger partial charge in [-0.1, -0.05) is 57.2 Å². The normalized spacial score (nSPS) is 23.6. The first-order chi connectivity index (χ1) is 30.5. The predicted molar refractivity (Wildman–Crippen MR) is 244 cm³/mol. The number of ether oxygens (including phenoxy) is 3. The van der Waals surface area contributed by atoms with Gasteiger partial charge in [-0.3, -0.25) is 23.9 Å². The maximum Gasteiger partial charge on any atom is 0.410 e. The van der Waals surface area contributed by atoms with Gasteiger partial charge in [0.2, 0.25) is 27.7 Å². The topological polar surface area (TPSA) is 194 Å². The van der Waals surface area contributed by atoms with Gasteiger partial charge < -0.3 is 34.2 Å². The van der Waals surface area contributed by atoms with Crippen LogP contribution in [0.25, 0.3) is 22.2 Å². The van der Waals surface area contributed by atoms with Crippen LogP contribution in [0.2, 0.25) is 0 Å². The molecule has 0 radical (unpaired) electrons. The van der Waals surface area contributed by atoms with Crippen molar-refractivity contribution in [2.75, 3.05) is 33.8 Å². The number of rotatable bonds is 14. The third kappa shape index (κ3) is 10.4. The largest absolute Gasteiger partial charge is 0.497 e. The Kier molecular flexibility index (Phi) is 13.0. The summed E-state index contributed by atoms with van der Waals surface area (Å²) in [7, 11) is -0.721. The molecule has 2 saturated heterocycles. The van der Waals surface area contributed by atoms with Gasteiger partial charge >= 0.3 is 6.09 Å². The second kappa shape index (κ2) is 17.9. The van der Waals surface area contributed by atoms with E-state index in [4.69, 9.17) is 19.2 Å². The van der Waals surface area contributed by atoms with Crippen LogP contribution in [-0.2, 0) is 33.9 Å². The molecule has 2 N–H and O–H groups in total. The monoisotopic (exact) mass is 914 g/mol. The van der Waals surface area contributed by atoms with Crippen molar-refractivity contribution in [1.29, 1.82) is 0 Å². The van der Waals surface area contributed by atoms with Gasteiger partial charge in [0.05, 0.1) is 42.1 Å². The van der Waals surface area contributed by atoms with E-state index in [2.05, 4.69) is 16.6 Å². The number of likely N-dealkylation sites (tertiary alicyclic amines) is 2. The number of pyridine rings is 1. The average molecular weight is 915 g/mol. The molecule has 0 bridgehead atoms. The van der Waals surface area contributed by atoms with Crippen molar-refractivity contribution in [2.24, 2.45) is 17.3 Å². The minimum Gasteiger partial charge on any atom is -0.497 e. The molecule has 1 unspecified atom stereocenters. The van der Waals surface area contributed by atoms with Crippen LogP contribution in [0.3, 0.4) is 0 Å². The molecule has 4 aliphatic rings. The van der Waals surface area contributed by atoms with Crippen LogP contribution in [0.1, 0.15) is 80.1 Å². The SMILES string of the molecule is C=C[C@@H]1C[C@]1(NC(=O)[C@@H]1C[C@@H](Oc2cc(-c3ccccc3)nc3cc(OC)ccc23)CN1C(=O)[C@@H](CC(=O)N1CCC(N(C)C(=O)OC(C)(C)C)C1)C(C)(C)C)C(=O)NS(=O)(=O)C1CC1. The predicted octanol–water partition coefficient (Wildman–Crippen LogP) is 5.45. The van der Waals surface area contributed by atoms with Gasteiger partial charge in [-0.05, 0) is 64.0 Å². The van der Waals surface area contributed by atoms with E-state index in [1.54, 1.807) is 52.0 Å². The molecular weight excluding hydrogens is 853 g/mol. The zero-order valence-corrected chi connectivity index (χ0v) is 39.4. The van der Waals surface area contributed by atoms with Crippen molar-refractivity contribution in [1.82, 2.24) is 29.7 Å². The molecule has 65 heavy (non-hydrogen) atoms. The molecule has 6 atom stereocenters. The van der Waals surface area contributed by atoms with Gasteiger partial charge in [0.15, 0.2) is 0 Å². The van der Waals surface area contributed by atoms with Crippen LogP contribution in [0.5, 0.6) is 11.5 Å². The van der Waals surface area contributed by atoms with Gasteiger partial charge in [-0.15, -0.1) is 6.58 Å². The highest BCUT2D eigenvalue weighted by molar-refractivity contribution is 7.91. The standard InChI is InChI=1S/C48H62N6O10S/c1-10-30-26-48(30,44(58)51-65(60,61)34-17-18-34)50-42(56)39-23-33(63-40-25-37(29-14-12-11-13-15-29)49-38-22-32(62-9)16-19-35(38)40)28-54(39)43(57)36(46(2,3)4)24-41(55)53-21-20-31(27-53)52(8)45(59)64-47(5,6)7/h10-16,19,22,25,30-31,33-34,36,39H,1,17-18,20-21,23-24,26-28H2,2-9H3,(H,50,56)(H,51,58)/t30-,31?,33-,36-,39+,48-/m1/s1. The molecular formula is C48H62N6O10S. The fourth-order valence-electron chi connectivity index (χ4n) is 8.77. The van der Waals surface area contributed by atoms with E-state index in [1.165, 1.54) is 15.9 Å². The lowest BCUT2D eigenvalue weighted by atomic mass is 9.77. The molecule has 2 aliphatic heterocycles. The number of benzene rings is 2. The number of amides is 5. The van der Waals surface area contributed by atoms with Crippen LogP contribution in [-0.4, -0.2) is 126 Å². The van der Waals surface area contributed by atoms with Crippen molar-refractivity contribution in [2.45, 2.75) is 115 Å². The molecule has 2 aromatic carbocycles. The number of likely N-dealkylation sites (N-methyl/N-ethyl adjacent to an activating group) is 1. The highest BCUT2D eigenvalue weighted by Crippen LogP contribution is 2.46. The molecule has 5 amide bonds. The lowest BCUT2D eigenvalue weighted by molar-refractivity contribution is -0.148. The zero-order valence-electron chi connectivity index (χ0n) is 38.6. The van der Waals surface area contributed by atoms with E-state index >= 15 is 4.79 Å². The van der Waals surface area contributed by atoms with Crippen LogP contribution in [0.15, 0.2) is 67.3 Å². The maximum absolute atomic E-state index is 15.1. The Morgan fingerprint density at radius 1 is 1.00 bits per heavy atom. The second-order valence-electron chi connectivity index (χ2n) is 19.9. The van der Waals surface area contributed by atoms with Crippen molar-refractivity contribution in [3.8, 4) is 22.8 Å². The molecule has 350 valence electrons. The van der Waals surface area contributed by atoms with E-state index in [0.717, 1.165) is 5.56 Å². The van der Waals surface area contributed by atoms with Gasteiger partial charge in [0.1, 0.15) is 34.8 Å². The van der Waals surface area contributed by atoms with Crippen molar-refractivity contribution in [3.05, 3.63) is 67.3 Å². The highest BCUT2D eigenvalue weighted by Gasteiger charge is 2.62. The van der Waals surface area contributed by atoms with E-state index in [9.17, 15) is 27.6 Å². The number of aromatic nitrogens is 1. The number of fused-ring (bicyclic) bond motifs is 1. The Morgan fingerprint density at radius 3 is 2.32 bits per heavy atom. The zero-order chi connectivity index (χ0) is 47.2. The van der Waals surface area contributed by atoms with Gasteiger partial charge in [-0.2, -0.15) is 0 Å². The first-order valence-corrected chi connectivity index (χ1v) is 23.8. The fraction of sp³-hybridized carbons (Fsp3) is 0.542. The number of nitrogens with one attached hydrogen (secondary N) is 2. The number of carbonyl (C=O) groups excluding carboxylic acids is 5. The van der Waals surface area contributed by atoms with Gasteiger partial charge in [0, 0.05) is 62.0 Å². The summed E-state index contributed by atoms with van der Waals surface area (Å²) >= 11 is 0. The smallest absolute Gasteiger partial charge is 0.410 e. The van der Waals surface area contributed by atoms with Gasteiger partial charge in [0.25, 0.3) is 5.91 Å². The average Bonchev–Trinajstić information content (AvgIpc) is 4.14. The Morgan fingerprint density at radius 2 is 1.71 bits per heavy atom. The molecule has 16 nitrogen and oxygen atoms in total. The van der Waals surface area contributed by atoms with E-state index in [1.807, 2.05) is 63.2 Å². The molecule has 3 aromatic rings. The quantitative estimate of drug-likeness (QED) is 0.196. The van der Waals surface area contributed by atoms with Crippen LogP contribution >= 0.6 is 0 Å². The summed E-state index contributed by atoms with van der Waals surface area (Å²) in [6, 6.07) is 15.4. The summed E-state index contributed by atoms with van der Waals surface area (Å²) in [4.78, 5) is 80.1. The number of sulfonamides is 1. The Hall–Kier alpha value is -5.71. The molecule has 0 spiro atoms. The van der Waals surface area contributed by atoms with Crippen molar-refractivity contribution in [3.63, 3.8) is 0 Å². The summed E-state index contributed by atoms with van der Waals surface area (Å²) in [5.74, 6) is -2.60. The van der Waals surface area contributed by atoms with Crippen LogP contribution in [0, 0.1) is 17.3 Å².